The van der Waals surface area contributed by atoms with E-state index in [2.05, 4.69) is 4.90 Å². The standard InChI is InChI=1S/C13H23NO/c15-13-7-2-1-6-12(13)14-8-10-4-3-5-11(10)9-14/h10-13,15H,1-9H2/t10?,11?,12-,13-/m1/s1. The van der Waals surface area contributed by atoms with Crippen LogP contribution in [0.2, 0.25) is 0 Å². The summed E-state index contributed by atoms with van der Waals surface area (Å²) in [5.41, 5.74) is 0. The summed E-state index contributed by atoms with van der Waals surface area (Å²) in [6.07, 6.45) is 9.16. The van der Waals surface area contributed by atoms with E-state index >= 15 is 0 Å². The van der Waals surface area contributed by atoms with Crippen LogP contribution in [0.5, 0.6) is 0 Å². The first-order valence-electron chi connectivity index (χ1n) is 6.77. The predicted molar refractivity (Wildman–Crippen MR) is 60.7 cm³/mol. The van der Waals surface area contributed by atoms with E-state index in [0.29, 0.717) is 6.04 Å². The molecular weight excluding hydrogens is 186 g/mol. The second kappa shape index (κ2) is 4.06. The molecule has 0 aromatic rings. The summed E-state index contributed by atoms with van der Waals surface area (Å²) < 4.78 is 0. The van der Waals surface area contributed by atoms with E-state index in [-0.39, 0.29) is 6.10 Å². The van der Waals surface area contributed by atoms with Gasteiger partial charge in [0.05, 0.1) is 6.10 Å². The van der Waals surface area contributed by atoms with Gasteiger partial charge >= 0.3 is 0 Å². The average Bonchev–Trinajstić information content (AvgIpc) is 2.77. The molecule has 1 heterocycles. The lowest BCUT2D eigenvalue weighted by molar-refractivity contribution is 0.0275. The first kappa shape index (κ1) is 10.1. The monoisotopic (exact) mass is 209 g/mol. The van der Waals surface area contributed by atoms with Gasteiger partial charge in [-0.2, -0.15) is 0 Å². The largest absolute Gasteiger partial charge is 0.391 e. The van der Waals surface area contributed by atoms with Gasteiger partial charge in [0.25, 0.3) is 0 Å². The van der Waals surface area contributed by atoms with Crippen molar-refractivity contribution < 1.29 is 5.11 Å². The fourth-order valence-electron chi connectivity index (χ4n) is 4.06. The Kier molecular flexibility index (Phi) is 2.73. The van der Waals surface area contributed by atoms with E-state index < -0.39 is 0 Å². The van der Waals surface area contributed by atoms with Crippen molar-refractivity contribution in [2.24, 2.45) is 11.8 Å². The molecule has 0 spiro atoms. The van der Waals surface area contributed by atoms with Gasteiger partial charge in [0.15, 0.2) is 0 Å². The lowest BCUT2D eigenvalue weighted by Gasteiger charge is -2.35. The molecular formula is C13H23NO. The van der Waals surface area contributed by atoms with Crippen LogP contribution in [0.3, 0.4) is 0 Å². The van der Waals surface area contributed by atoms with Crippen LogP contribution >= 0.6 is 0 Å². The Hall–Kier alpha value is -0.0800. The molecule has 1 saturated heterocycles. The van der Waals surface area contributed by atoms with Gasteiger partial charge in [0.1, 0.15) is 0 Å². The number of rotatable bonds is 1. The molecule has 0 aromatic carbocycles. The van der Waals surface area contributed by atoms with Crippen LogP contribution in [0.1, 0.15) is 44.9 Å². The predicted octanol–water partition coefficient (Wildman–Crippen LogP) is 2.02. The minimum atomic E-state index is -0.0300. The molecule has 0 aromatic heterocycles. The fraction of sp³-hybridized carbons (Fsp3) is 1.00. The van der Waals surface area contributed by atoms with E-state index in [0.717, 1.165) is 18.3 Å². The summed E-state index contributed by atoms with van der Waals surface area (Å²) in [6.45, 7) is 2.57. The molecule has 86 valence electrons. The van der Waals surface area contributed by atoms with Crippen LogP contribution < -0.4 is 0 Å². The highest BCUT2D eigenvalue weighted by Crippen LogP contribution is 2.40. The van der Waals surface area contributed by atoms with Crippen molar-refractivity contribution in [3.05, 3.63) is 0 Å². The fourth-order valence-corrected chi connectivity index (χ4v) is 4.06. The molecule has 0 bridgehead atoms. The molecule has 0 radical (unpaired) electrons. The Labute approximate surface area is 92.7 Å². The Bertz CT molecular complexity index is 219. The van der Waals surface area contributed by atoms with Crippen LogP contribution in [0.15, 0.2) is 0 Å². The highest BCUT2D eigenvalue weighted by molar-refractivity contribution is 4.94. The second-order valence-electron chi connectivity index (χ2n) is 5.82. The Morgan fingerprint density at radius 3 is 2.13 bits per heavy atom. The highest BCUT2D eigenvalue weighted by Gasteiger charge is 2.40. The summed E-state index contributed by atoms with van der Waals surface area (Å²) in [4.78, 5) is 2.61. The molecule has 1 aliphatic heterocycles. The van der Waals surface area contributed by atoms with Crippen molar-refractivity contribution in [2.75, 3.05) is 13.1 Å². The van der Waals surface area contributed by atoms with Crippen LogP contribution in [-0.4, -0.2) is 35.2 Å². The van der Waals surface area contributed by atoms with Gasteiger partial charge in [0, 0.05) is 19.1 Å². The number of likely N-dealkylation sites (tertiary alicyclic amines) is 1. The first-order valence-corrected chi connectivity index (χ1v) is 6.77. The third-order valence-electron chi connectivity index (χ3n) is 4.92. The van der Waals surface area contributed by atoms with Crippen LogP contribution in [0.4, 0.5) is 0 Å². The number of fused-ring (bicyclic) bond motifs is 1. The summed E-state index contributed by atoms with van der Waals surface area (Å²) in [5.74, 6) is 1.94. The van der Waals surface area contributed by atoms with Crippen molar-refractivity contribution >= 4 is 0 Å². The van der Waals surface area contributed by atoms with Gasteiger partial charge in [-0.3, -0.25) is 4.90 Å². The molecule has 15 heavy (non-hydrogen) atoms. The molecule has 3 aliphatic rings. The zero-order chi connectivity index (χ0) is 10.3. The zero-order valence-corrected chi connectivity index (χ0v) is 9.57. The van der Waals surface area contributed by atoms with Crippen LogP contribution in [0.25, 0.3) is 0 Å². The molecule has 3 fully saturated rings. The van der Waals surface area contributed by atoms with Gasteiger partial charge in [0.2, 0.25) is 0 Å². The minimum absolute atomic E-state index is 0.0300. The lowest BCUT2D eigenvalue weighted by Crippen LogP contribution is -2.44. The quantitative estimate of drug-likeness (QED) is 0.714. The second-order valence-corrected chi connectivity index (χ2v) is 5.82. The van der Waals surface area contributed by atoms with Crippen molar-refractivity contribution in [1.82, 2.24) is 4.90 Å². The SMILES string of the molecule is O[C@@H]1CCCC[C@H]1N1CC2CCCC2C1. The minimum Gasteiger partial charge on any atom is -0.391 e. The molecule has 0 amide bonds. The van der Waals surface area contributed by atoms with Crippen LogP contribution in [-0.2, 0) is 0 Å². The zero-order valence-electron chi connectivity index (χ0n) is 9.57. The Balaban J connectivity index is 1.63. The molecule has 2 nitrogen and oxygen atoms in total. The maximum atomic E-state index is 10.1. The number of nitrogens with zero attached hydrogens (tertiary/aromatic N) is 1. The molecule has 1 N–H and O–H groups in total. The van der Waals surface area contributed by atoms with Crippen LogP contribution in [0, 0.1) is 11.8 Å². The van der Waals surface area contributed by atoms with E-state index in [4.69, 9.17) is 0 Å². The average molecular weight is 209 g/mol. The third kappa shape index (κ3) is 1.83. The normalized spacial score (nSPS) is 47.0. The first-order chi connectivity index (χ1) is 7.34. The number of aliphatic hydroxyl groups excluding tert-OH is 1. The topological polar surface area (TPSA) is 23.5 Å². The number of aliphatic hydroxyl groups is 1. The third-order valence-corrected chi connectivity index (χ3v) is 4.92. The van der Waals surface area contributed by atoms with Crippen molar-refractivity contribution in [3.63, 3.8) is 0 Å². The maximum absolute atomic E-state index is 10.1. The van der Waals surface area contributed by atoms with E-state index in [9.17, 15) is 5.11 Å². The lowest BCUT2D eigenvalue weighted by atomic mass is 9.91. The molecule has 2 heteroatoms. The number of hydrogen-bond acceptors (Lipinski definition) is 2. The van der Waals surface area contributed by atoms with Crippen molar-refractivity contribution in [1.29, 1.82) is 0 Å². The number of hydrogen-bond donors (Lipinski definition) is 1. The van der Waals surface area contributed by atoms with Crippen molar-refractivity contribution in [2.45, 2.75) is 57.1 Å². The smallest absolute Gasteiger partial charge is 0.0695 e. The van der Waals surface area contributed by atoms with Crippen molar-refractivity contribution in [3.8, 4) is 0 Å². The Morgan fingerprint density at radius 2 is 1.47 bits per heavy atom. The van der Waals surface area contributed by atoms with Gasteiger partial charge in [-0.15, -0.1) is 0 Å². The van der Waals surface area contributed by atoms with E-state index in [1.54, 1.807) is 0 Å². The highest BCUT2D eigenvalue weighted by atomic mass is 16.3. The summed E-state index contributed by atoms with van der Waals surface area (Å²) in [6, 6.07) is 0.504. The van der Waals surface area contributed by atoms with E-state index in [1.165, 1.54) is 51.6 Å². The molecule has 2 aliphatic carbocycles. The molecule has 4 atom stereocenters. The summed E-state index contributed by atoms with van der Waals surface area (Å²) in [7, 11) is 0. The van der Waals surface area contributed by atoms with Gasteiger partial charge in [-0.05, 0) is 37.5 Å². The maximum Gasteiger partial charge on any atom is 0.0695 e. The van der Waals surface area contributed by atoms with Gasteiger partial charge < -0.3 is 5.11 Å². The molecule has 2 saturated carbocycles. The summed E-state index contributed by atoms with van der Waals surface area (Å²) in [5, 5.41) is 10.1. The Morgan fingerprint density at radius 1 is 0.800 bits per heavy atom. The molecule has 3 rings (SSSR count). The van der Waals surface area contributed by atoms with Gasteiger partial charge in [-0.25, -0.2) is 0 Å². The summed E-state index contributed by atoms with van der Waals surface area (Å²) >= 11 is 0. The van der Waals surface area contributed by atoms with E-state index in [1.807, 2.05) is 0 Å². The van der Waals surface area contributed by atoms with Gasteiger partial charge in [-0.1, -0.05) is 19.3 Å². The molecule has 2 unspecified atom stereocenters.